The maximum absolute atomic E-state index is 5.18. The summed E-state index contributed by atoms with van der Waals surface area (Å²) in [6.07, 6.45) is 0. The van der Waals surface area contributed by atoms with E-state index in [-0.39, 0.29) is 0 Å². The fourth-order valence-corrected chi connectivity index (χ4v) is 13.3. The molecule has 288 valence electrons. The maximum atomic E-state index is 5.18. The summed E-state index contributed by atoms with van der Waals surface area (Å²) in [7, 11) is -2.70. The molecular weight excluding hydrogens is 755 g/mol. The molecule has 0 amide bonds. The molecule has 1 aromatic heterocycles. The lowest BCUT2D eigenvalue weighted by Crippen LogP contribution is -2.74. The molecule has 0 aliphatic carbocycles. The topological polar surface area (TPSA) is 38.7 Å². The highest BCUT2D eigenvalue weighted by atomic mass is 28.3. The quantitative estimate of drug-likeness (QED) is 0.102. The van der Waals surface area contributed by atoms with E-state index in [0.29, 0.717) is 17.5 Å². The number of hydrogen-bond donors (Lipinski definition) is 0. The van der Waals surface area contributed by atoms with E-state index in [1.165, 1.54) is 20.7 Å². The molecule has 0 aliphatic rings. The van der Waals surface area contributed by atoms with E-state index in [2.05, 4.69) is 212 Å². The Kier molecular flexibility index (Phi) is 10.3. The van der Waals surface area contributed by atoms with Crippen molar-refractivity contribution in [3.63, 3.8) is 0 Å². The van der Waals surface area contributed by atoms with Crippen LogP contribution in [0.3, 0.4) is 0 Å². The van der Waals surface area contributed by atoms with Gasteiger partial charge in [0.1, 0.15) is 0 Å². The molecule has 4 heteroatoms. The Morgan fingerprint density at radius 3 is 0.967 bits per heavy atom. The Morgan fingerprint density at radius 2 is 0.525 bits per heavy atom. The standard InChI is InChI=1S/C57H41N3Si/c1-7-21-43(22-8-1)53-33-19-20-34-54(53)47-39-46(40-48(41-47)57-59-55(44-23-9-2-10-24-44)58-56(60-57)45-25-11-3-12-26-45)42-35-37-52(38-36-42)61(49-27-13-4-14-28-49,50-29-15-5-16-30-50)51-31-17-6-18-32-51/h1-41H. The van der Waals surface area contributed by atoms with E-state index in [1.807, 2.05) is 36.4 Å². The second kappa shape index (κ2) is 16.8. The molecule has 0 aliphatic heterocycles. The van der Waals surface area contributed by atoms with Crippen LogP contribution in [0.25, 0.3) is 67.5 Å². The predicted molar refractivity (Wildman–Crippen MR) is 256 cm³/mol. The smallest absolute Gasteiger partial charge is 0.179 e. The first-order valence-corrected chi connectivity index (χ1v) is 22.7. The molecule has 0 bridgehead atoms. The van der Waals surface area contributed by atoms with Crippen molar-refractivity contribution in [1.82, 2.24) is 15.0 Å². The highest BCUT2D eigenvalue weighted by Crippen LogP contribution is 2.37. The van der Waals surface area contributed by atoms with Crippen molar-refractivity contribution in [2.45, 2.75) is 0 Å². The van der Waals surface area contributed by atoms with E-state index in [9.17, 15) is 0 Å². The van der Waals surface area contributed by atoms with Crippen LogP contribution in [0.2, 0.25) is 0 Å². The second-order valence-corrected chi connectivity index (χ2v) is 19.0. The first kappa shape index (κ1) is 37.5. The van der Waals surface area contributed by atoms with Crippen LogP contribution in [0.1, 0.15) is 0 Å². The van der Waals surface area contributed by atoms with Gasteiger partial charge in [-0.25, -0.2) is 15.0 Å². The minimum absolute atomic E-state index is 0.619. The highest BCUT2D eigenvalue weighted by molar-refractivity contribution is 7.19. The van der Waals surface area contributed by atoms with Gasteiger partial charge in [-0.1, -0.05) is 231 Å². The molecule has 1 heterocycles. The van der Waals surface area contributed by atoms with Crippen LogP contribution in [0.15, 0.2) is 249 Å². The number of hydrogen-bond acceptors (Lipinski definition) is 3. The Balaban J connectivity index is 1.18. The van der Waals surface area contributed by atoms with Crippen LogP contribution in [0, 0.1) is 0 Å². The zero-order valence-corrected chi connectivity index (χ0v) is 34.5. The minimum Gasteiger partial charge on any atom is -0.208 e. The number of benzene rings is 9. The second-order valence-electron chi connectivity index (χ2n) is 15.2. The van der Waals surface area contributed by atoms with Crippen LogP contribution < -0.4 is 20.7 Å². The molecule has 0 saturated heterocycles. The average Bonchev–Trinajstić information content (AvgIpc) is 3.36. The van der Waals surface area contributed by atoms with Gasteiger partial charge >= 0.3 is 0 Å². The molecule has 9 aromatic carbocycles. The van der Waals surface area contributed by atoms with Crippen molar-refractivity contribution in [2.75, 3.05) is 0 Å². The van der Waals surface area contributed by atoms with E-state index in [1.54, 1.807) is 0 Å². The van der Waals surface area contributed by atoms with Gasteiger partial charge in [0.2, 0.25) is 0 Å². The first-order valence-electron chi connectivity index (χ1n) is 20.7. The maximum Gasteiger partial charge on any atom is 0.179 e. The summed E-state index contributed by atoms with van der Waals surface area (Å²) in [5.74, 6) is 1.89. The van der Waals surface area contributed by atoms with Gasteiger partial charge < -0.3 is 0 Å². The Hall–Kier alpha value is -7.79. The Bertz CT molecular complexity index is 2880. The summed E-state index contributed by atoms with van der Waals surface area (Å²) < 4.78 is 0. The van der Waals surface area contributed by atoms with Crippen LogP contribution in [-0.4, -0.2) is 23.0 Å². The molecule has 10 rings (SSSR count). The molecule has 0 unspecified atom stereocenters. The van der Waals surface area contributed by atoms with E-state index < -0.39 is 8.07 Å². The van der Waals surface area contributed by atoms with Crippen molar-refractivity contribution in [3.05, 3.63) is 249 Å². The van der Waals surface area contributed by atoms with Gasteiger partial charge in [-0.3, -0.25) is 0 Å². The zero-order valence-electron chi connectivity index (χ0n) is 33.5. The lowest BCUT2D eigenvalue weighted by Gasteiger charge is -2.34. The molecule has 0 spiro atoms. The number of rotatable bonds is 10. The van der Waals surface area contributed by atoms with Crippen molar-refractivity contribution >= 4 is 28.8 Å². The molecule has 3 nitrogen and oxygen atoms in total. The van der Waals surface area contributed by atoms with Gasteiger partial charge in [0.05, 0.1) is 0 Å². The van der Waals surface area contributed by atoms with E-state index in [0.717, 1.165) is 50.1 Å². The van der Waals surface area contributed by atoms with Crippen molar-refractivity contribution in [3.8, 4) is 67.5 Å². The van der Waals surface area contributed by atoms with E-state index >= 15 is 0 Å². The third-order valence-corrected chi connectivity index (χ3v) is 16.3. The summed E-state index contributed by atoms with van der Waals surface area (Å²) in [5, 5.41) is 5.36. The van der Waals surface area contributed by atoms with E-state index in [4.69, 9.17) is 15.0 Å². The van der Waals surface area contributed by atoms with Crippen LogP contribution in [-0.2, 0) is 0 Å². The third kappa shape index (κ3) is 7.42. The average molecular weight is 796 g/mol. The van der Waals surface area contributed by atoms with Crippen molar-refractivity contribution < 1.29 is 0 Å². The van der Waals surface area contributed by atoms with Gasteiger partial charge in [-0.05, 0) is 72.3 Å². The molecule has 0 fully saturated rings. The predicted octanol–water partition coefficient (Wildman–Crippen LogP) is 11.3. The summed E-state index contributed by atoms with van der Waals surface area (Å²) in [5.41, 5.74) is 9.53. The Labute approximate surface area is 358 Å². The number of aromatic nitrogens is 3. The van der Waals surface area contributed by atoms with Crippen molar-refractivity contribution in [1.29, 1.82) is 0 Å². The van der Waals surface area contributed by atoms with Gasteiger partial charge in [-0.15, -0.1) is 0 Å². The normalized spacial score (nSPS) is 11.3. The van der Waals surface area contributed by atoms with Gasteiger partial charge in [0.15, 0.2) is 25.5 Å². The summed E-state index contributed by atoms with van der Waals surface area (Å²) >= 11 is 0. The molecule has 0 saturated carbocycles. The molecular formula is C57H41N3Si. The summed E-state index contributed by atoms with van der Waals surface area (Å²) in [4.78, 5) is 15.4. The Morgan fingerprint density at radius 1 is 0.213 bits per heavy atom. The molecule has 0 N–H and O–H groups in total. The molecule has 10 aromatic rings. The van der Waals surface area contributed by atoms with Crippen molar-refractivity contribution in [2.24, 2.45) is 0 Å². The fourth-order valence-electron chi connectivity index (χ4n) is 8.60. The number of nitrogens with zero attached hydrogens (tertiary/aromatic N) is 3. The monoisotopic (exact) mass is 795 g/mol. The van der Waals surface area contributed by atoms with Crippen LogP contribution in [0.5, 0.6) is 0 Å². The largest absolute Gasteiger partial charge is 0.208 e. The lowest BCUT2D eigenvalue weighted by atomic mass is 9.91. The van der Waals surface area contributed by atoms with Crippen LogP contribution in [0.4, 0.5) is 0 Å². The molecule has 0 atom stereocenters. The van der Waals surface area contributed by atoms with Gasteiger partial charge in [-0.2, -0.15) is 0 Å². The fraction of sp³-hybridized carbons (Fsp3) is 0. The summed E-state index contributed by atoms with van der Waals surface area (Å²) in [6.45, 7) is 0. The zero-order chi connectivity index (χ0) is 40.9. The third-order valence-electron chi connectivity index (χ3n) is 11.5. The lowest BCUT2D eigenvalue weighted by molar-refractivity contribution is 1.07. The minimum atomic E-state index is -2.70. The van der Waals surface area contributed by atoms with Gasteiger partial charge in [0, 0.05) is 16.7 Å². The highest BCUT2D eigenvalue weighted by Gasteiger charge is 2.41. The SMILES string of the molecule is c1ccc(-c2nc(-c3ccccc3)nc(-c3cc(-c4ccc([Si](c5ccccc5)(c5ccccc5)c5ccccc5)cc4)cc(-c4ccccc4-c4ccccc4)c3)n2)cc1. The molecule has 61 heavy (non-hydrogen) atoms. The summed E-state index contributed by atoms with van der Waals surface area (Å²) in [6, 6.07) is 88.9. The first-order chi connectivity index (χ1) is 30.2. The van der Waals surface area contributed by atoms with Crippen LogP contribution >= 0.6 is 0 Å². The van der Waals surface area contributed by atoms with Gasteiger partial charge in [0.25, 0.3) is 0 Å². The molecule has 0 radical (unpaired) electrons.